The molecule has 0 aliphatic carbocycles. The number of furan rings is 1. The summed E-state index contributed by atoms with van der Waals surface area (Å²) in [5.41, 5.74) is 4.64. The number of methoxy groups -OCH3 is 1. The third-order valence-corrected chi connectivity index (χ3v) is 5.83. The molecule has 0 spiro atoms. The molecule has 1 heterocycles. The molecular weight excluding hydrogens is 340 g/mol. The lowest BCUT2D eigenvalue weighted by molar-refractivity contribution is 0.410. The van der Waals surface area contributed by atoms with Crippen molar-refractivity contribution >= 4 is 22.7 Å². The average molecular weight is 360 g/mol. The summed E-state index contributed by atoms with van der Waals surface area (Å²) in [6.07, 6.45) is 1.85. The Morgan fingerprint density at radius 3 is 2.12 bits per heavy atom. The third-order valence-electron chi connectivity index (χ3n) is 4.47. The van der Waals surface area contributed by atoms with E-state index in [1.165, 1.54) is 16.7 Å². The van der Waals surface area contributed by atoms with Crippen molar-refractivity contribution in [1.29, 1.82) is 0 Å². The van der Waals surface area contributed by atoms with Crippen molar-refractivity contribution < 1.29 is 9.15 Å². The molecule has 0 aliphatic rings. The first kappa shape index (κ1) is 16.8. The molecule has 26 heavy (non-hydrogen) atoms. The Morgan fingerprint density at radius 1 is 0.846 bits per heavy atom. The Balaban J connectivity index is 1.63. The lowest BCUT2D eigenvalue weighted by Gasteiger charge is -2.17. The van der Waals surface area contributed by atoms with Crippen LogP contribution < -0.4 is 4.74 Å². The van der Waals surface area contributed by atoms with Gasteiger partial charge < -0.3 is 9.15 Å². The second-order valence-corrected chi connectivity index (χ2v) is 7.20. The van der Waals surface area contributed by atoms with Crippen LogP contribution in [-0.2, 0) is 5.75 Å². The molecular formula is C23H20O2S. The number of rotatable bonds is 6. The van der Waals surface area contributed by atoms with Gasteiger partial charge in [0.2, 0.25) is 0 Å². The Bertz CT molecular complexity index is 937. The molecule has 0 radical (unpaired) electrons. The Labute approximate surface area is 157 Å². The Kier molecular flexibility index (Phi) is 4.98. The SMILES string of the molecule is COc1cccc2c(CSC(c3ccccc3)c3ccccc3)coc12. The molecule has 0 bridgehead atoms. The largest absolute Gasteiger partial charge is 0.493 e. The highest BCUT2D eigenvalue weighted by Gasteiger charge is 2.17. The highest BCUT2D eigenvalue weighted by molar-refractivity contribution is 7.99. The molecule has 0 atom stereocenters. The number of para-hydroxylation sites is 1. The van der Waals surface area contributed by atoms with Crippen molar-refractivity contribution in [3.05, 3.63) is 102 Å². The maximum Gasteiger partial charge on any atom is 0.175 e. The molecule has 3 heteroatoms. The second-order valence-electron chi connectivity index (χ2n) is 6.11. The minimum absolute atomic E-state index is 0.285. The minimum atomic E-state index is 0.285. The van der Waals surface area contributed by atoms with Crippen LogP contribution in [0.25, 0.3) is 11.0 Å². The van der Waals surface area contributed by atoms with E-state index in [9.17, 15) is 0 Å². The van der Waals surface area contributed by atoms with Crippen LogP contribution in [0.1, 0.15) is 21.9 Å². The summed E-state index contributed by atoms with van der Waals surface area (Å²) in [7, 11) is 1.67. The van der Waals surface area contributed by atoms with Crippen molar-refractivity contribution in [2.45, 2.75) is 11.0 Å². The number of ether oxygens (including phenoxy) is 1. The van der Waals surface area contributed by atoms with Crippen LogP contribution >= 0.6 is 11.8 Å². The minimum Gasteiger partial charge on any atom is -0.493 e. The molecule has 0 saturated heterocycles. The predicted molar refractivity (Wildman–Crippen MR) is 109 cm³/mol. The summed E-state index contributed by atoms with van der Waals surface area (Å²) in [6, 6.07) is 27.3. The van der Waals surface area contributed by atoms with Crippen molar-refractivity contribution in [1.82, 2.24) is 0 Å². The molecule has 130 valence electrons. The smallest absolute Gasteiger partial charge is 0.175 e. The van der Waals surface area contributed by atoms with Gasteiger partial charge in [0.15, 0.2) is 11.3 Å². The molecule has 4 rings (SSSR count). The van der Waals surface area contributed by atoms with Gasteiger partial charge in [-0.2, -0.15) is 0 Å². The van der Waals surface area contributed by atoms with Gasteiger partial charge >= 0.3 is 0 Å². The van der Waals surface area contributed by atoms with E-state index in [0.29, 0.717) is 0 Å². The van der Waals surface area contributed by atoms with Crippen LogP contribution in [0.2, 0.25) is 0 Å². The first-order valence-corrected chi connectivity index (χ1v) is 9.66. The molecule has 0 saturated carbocycles. The van der Waals surface area contributed by atoms with Crippen LogP contribution in [0.15, 0.2) is 89.5 Å². The van der Waals surface area contributed by atoms with Gasteiger partial charge in [0, 0.05) is 16.7 Å². The molecule has 1 aromatic heterocycles. The summed E-state index contributed by atoms with van der Waals surface area (Å²) >= 11 is 1.91. The van der Waals surface area contributed by atoms with Crippen molar-refractivity contribution in [2.75, 3.05) is 7.11 Å². The molecule has 0 N–H and O–H groups in total. The van der Waals surface area contributed by atoms with Crippen molar-refractivity contribution in [3.8, 4) is 5.75 Å². The average Bonchev–Trinajstić information content (AvgIpc) is 3.13. The van der Waals surface area contributed by atoms with Gasteiger partial charge in [-0.15, -0.1) is 11.8 Å². The third kappa shape index (κ3) is 3.35. The van der Waals surface area contributed by atoms with Crippen molar-refractivity contribution in [2.24, 2.45) is 0 Å². The normalized spacial score (nSPS) is 11.2. The topological polar surface area (TPSA) is 22.4 Å². The number of fused-ring (bicyclic) bond motifs is 1. The van der Waals surface area contributed by atoms with Gasteiger partial charge in [-0.3, -0.25) is 0 Å². The van der Waals surface area contributed by atoms with Gasteiger partial charge in [-0.05, 0) is 17.2 Å². The van der Waals surface area contributed by atoms with Crippen LogP contribution in [0, 0.1) is 0 Å². The van der Waals surface area contributed by atoms with E-state index < -0.39 is 0 Å². The lowest BCUT2D eigenvalue weighted by Crippen LogP contribution is -1.97. The second kappa shape index (κ2) is 7.71. The van der Waals surface area contributed by atoms with E-state index >= 15 is 0 Å². The Hall–Kier alpha value is -2.65. The summed E-state index contributed by atoms with van der Waals surface area (Å²) < 4.78 is 11.2. The van der Waals surface area contributed by atoms with Crippen LogP contribution in [-0.4, -0.2) is 7.11 Å². The zero-order valence-electron chi connectivity index (χ0n) is 14.6. The van der Waals surface area contributed by atoms with Gasteiger partial charge in [0.1, 0.15) is 0 Å². The zero-order valence-corrected chi connectivity index (χ0v) is 15.4. The summed E-state index contributed by atoms with van der Waals surface area (Å²) in [6.45, 7) is 0. The Morgan fingerprint density at radius 2 is 1.50 bits per heavy atom. The van der Waals surface area contributed by atoms with Crippen molar-refractivity contribution in [3.63, 3.8) is 0 Å². The fraction of sp³-hybridized carbons (Fsp3) is 0.130. The molecule has 0 fully saturated rings. The maximum absolute atomic E-state index is 5.78. The molecule has 2 nitrogen and oxygen atoms in total. The quantitative estimate of drug-likeness (QED) is 0.394. The number of benzene rings is 3. The highest BCUT2D eigenvalue weighted by atomic mass is 32.2. The molecule has 0 aliphatic heterocycles. The zero-order chi connectivity index (χ0) is 17.8. The monoisotopic (exact) mass is 360 g/mol. The number of hydrogen-bond acceptors (Lipinski definition) is 3. The predicted octanol–water partition coefficient (Wildman–Crippen LogP) is 6.46. The number of thioether (sulfide) groups is 1. The molecule has 0 amide bonds. The lowest BCUT2D eigenvalue weighted by atomic mass is 10.0. The van der Waals surface area contributed by atoms with Crippen LogP contribution in [0.3, 0.4) is 0 Å². The summed E-state index contributed by atoms with van der Waals surface area (Å²) in [4.78, 5) is 0. The molecule has 0 unspecified atom stereocenters. The maximum atomic E-state index is 5.78. The summed E-state index contributed by atoms with van der Waals surface area (Å²) in [5, 5.41) is 1.41. The molecule has 4 aromatic rings. The van der Waals surface area contributed by atoms with Crippen LogP contribution in [0.4, 0.5) is 0 Å². The first-order valence-electron chi connectivity index (χ1n) is 8.61. The fourth-order valence-electron chi connectivity index (χ4n) is 3.17. The van der Waals surface area contributed by atoms with Gasteiger partial charge in [-0.1, -0.05) is 72.8 Å². The standard InChI is InChI=1S/C23H20O2S/c1-24-21-14-8-13-20-19(15-25-22(20)21)16-26-23(17-9-4-2-5-10-17)18-11-6-3-7-12-18/h2-15,23H,16H2,1H3. The van der Waals surface area contributed by atoms with Gasteiger partial charge in [0.05, 0.1) is 18.6 Å². The van der Waals surface area contributed by atoms with E-state index in [4.69, 9.17) is 9.15 Å². The van der Waals surface area contributed by atoms with Gasteiger partial charge in [-0.25, -0.2) is 0 Å². The number of hydrogen-bond donors (Lipinski definition) is 0. The highest BCUT2D eigenvalue weighted by Crippen LogP contribution is 2.39. The van der Waals surface area contributed by atoms with Crippen LogP contribution in [0.5, 0.6) is 5.75 Å². The van der Waals surface area contributed by atoms with E-state index in [1.807, 2.05) is 30.2 Å². The van der Waals surface area contributed by atoms with E-state index in [1.54, 1.807) is 7.11 Å². The first-order chi connectivity index (χ1) is 12.9. The van der Waals surface area contributed by atoms with E-state index in [-0.39, 0.29) is 5.25 Å². The van der Waals surface area contributed by atoms with E-state index in [0.717, 1.165) is 22.5 Å². The van der Waals surface area contributed by atoms with Gasteiger partial charge in [0.25, 0.3) is 0 Å². The fourth-order valence-corrected chi connectivity index (χ4v) is 4.44. The summed E-state index contributed by atoms with van der Waals surface area (Å²) in [5.74, 6) is 1.65. The van der Waals surface area contributed by atoms with E-state index in [2.05, 4.69) is 66.7 Å². The molecule has 3 aromatic carbocycles.